The van der Waals surface area contributed by atoms with Gasteiger partial charge in [-0.05, 0) is 143 Å². The van der Waals surface area contributed by atoms with Gasteiger partial charge in [0, 0.05) is 54.9 Å². The van der Waals surface area contributed by atoms with Crippen molar-refractivity contribution >= 4 is 10.8 Å². The molecular formula is C85H164F8N8. The van der Waals surface area contributed by atoms with Crippen molar-refractivity contribution in [3.05, 3.63) is 187 Å². The van der Waals surface area contributed by atoms with Crippen LogP contribution in [0.4, 0.5) is 35.1 Å². The number of rotatable bonds is 16. The summed E-state index contributed by atoms with van der Waals surface area (Å²) in [5.74, 6) is -3.89. The highest BCUT2D eigenvalue weighted by Crippen LogP contribution is 2.33. The van der Waals surface area contributed by atoms with E-state index < -0.39 is 34.9 Å². The molecule has 6 aromatic carbocycles. The molecular weight excluding hydrogens is 1280 g/mol. The molecule has 0 radical (unpaired) electrons. The number of halogens is 8. The van der Waals surface area contributed by atoms with Crippen LogP contribution in [0.1, 0.15) is 343 Å². The largest absolute Gasteiger partial charge is 0.207 e. The highest BCUT2D eigenvalue weighted by atomic mass is 19.2. The summed E-state index contributed by atoms with van der Waals surface area (Å²) in [6.07, 6.45) is 18.2. The van der Waals surface area contributed by atoms with Crippen LogP contribution in [0.15, 0.2) is 84.9 Å². The van der Waals surface area contributed by atoms with Crippen molar-refractivity contribution in [3.8, 4) is 0 Å². The Hall–Kier alpha value is -7.30. The number of aryl methyl sites for hydroxylation is 7. The fourth-order valence-electron chi connectivity index (χ4n) is 8.80. The maximum atomic E-state index is 14.3. The third-order valence-electron chi connectivity index (χ3n) is 13.3. The molecule has 0 bridgehead atoms. The smallest absolute Gasteiger partial charge is 0.167 e. The minimum absolute atomic E-state index is 0. The second-order valence-electron chi connectivity index (χ2n) is 19.4. The predicted molar refractivity (Wildman–Crippen MR) is 440 cm³/mol. The monoisotopic (exact) mass is 1450 g/mol. The molecule has 0 spiro atoms. The molecule has 0 aromatic heterocycles. The lowest BCUT2D eigenvalue weighted by Crippen LogP contribution is -2.17. The van der Waals surface area contributed by atoms with Gasteiger partial charge in [0.15, 0.2) is 34.9 Å². The Balaban J connectivity index is -0.0000000364. The van der Waals surface area contributed by atoms with Crippen LogP contribution in [0, 0.1) is 103 Å². The van der Waals surface area contributed by atoms with Gasteiger partial charge in [0.25, 0.3) is 0 Å². The number of benzene rings is 6. The normalized spacial score (nSPS) is 9.12. The van der Waals surface area contributed by atoms with E-state index in [9.17, 15) is 35.1 Å². The summed E-state index contributed by atoms with van der Waals surface area (Å²) in [5.41, 5.74) is 6.73. The Morgan fingerprint density at radius 1 is 0.317 bits per heavy atom. The van der Waals surface area contributed by atoms with Crippen LogP contribution < -0.4 is 0 Å². The van der Waals surface area contributed by atoms with Crippen LogP contribution in [0.2, 0.25) is 0 Å². The number of unbranched alkanes of at least 4 members (excludes halogenated alkanes) is 2. The third-order valence-corrected chi connectivity index (χ3v) is 13.3. The first-order valence-electron chi connectivity index (χ1n) is 28.7. The number of hydrogen-bond acceptors (Lipinski definition) is 8. The van der Waals surface area contributed by atoms with E-state index in [0.29, 0.717) is 82.4 Å². The van der Waals surface area contributed by atoms with Gasteiger partial charge in [0.1, 0.15) is 11.6 Å². The summed E-state index contributed by atoms with van der Waals surface area (Å²) < 4.78 is 110. The van der Waals surface area contributed by atoms with Crippen LogP contribution in [-0.2, 0) is 51.4 Å². The standard InChI is InChI=1S/C17H20F2.C16H22F2.C13H10F2.C12H16F2.2C4H10.19CH4.4N2/c1-4-6-12-8-9-13-10-14(7-5-2)16(18)17(19)15(13)11(12)3;1-3-5-11-7-8-12-10-13(6-4-2)15(17)16(18)14(12)9-11;14-12-7-3-1-5-10(12)9-11-6-2-4-8-13(11)15;1-3-5-9-7-8-10(6-4-2)12(14)11(9)13;2*1-3-4-2;;;;;;;;;;;;;;;;;;;;4*1-2/h8-10H,4-7H2,1-3H3;10-11H,3-9H2,1-2H3;1-8H,9H2;7-8H,3-6H2,1-2H3;2*3-4H2,1-2H3;19*1H4;;;;. The van der Waals surface area contributed by atoms with Gasteiger partial charge < -0.3 is 0 Å². The van der Waals surface area contributed by atoms with Crippen LogP contribution in [0.3, 0.4) is 0 Å². The fourth-order valence-corrected chi connectivity index (χ4v) is 8.80. The second kappa shape index (κ2) is 96.9. The molecule has 0 saturated carbocycles. The molecule has 0 aliphatic heterocycles. The van der Waals surface area contributed by atoms with Crippen LogP contribution >= 0.6 is 0 Å². The topological polar surface area (TPSA) is 190 Å². The Kier molecular flexibility index (Phi) is 150. The molecule has 7 rings (SSSR count). The molecule has 101 heavy (non-hydrogen) atoms. The maximum Gasteiger partial charge on any atom is 0.167 e. The molecule has 1 atom stereocenters. The Bertz CT molecular complexity index is 2670. The zero-order valence-corrected chi connectivity index (χ0v) is 50.4. The first kappa shape index (κ1) is 157. The van der Waals surface area contributed by atoms with E-state index in [1.54, 1.807) is 54.6 Å². The first-order valence-corrected chi connectivity index (χ1v) is 28.7. The Labute approximate surface area is 624 Å². The van der Waals surface area contributed by atoms with Gasteiger partial charge in [-0.2, -0.15) is 0 Å². The third kappa shape index (κ3) is 55.0. The van der Waals surface area contributed by atoms with E-state index in [0.717, 1.165) is 92.7 Å². The minimum Gasteiger partial charge on any atom is -0.207 e. The van der Waals surface area contributed by atoms with Gasteiger partial charge in [-0.3, -0.25) is 0 Å². The van der Waals surface area contributed by atoms with Gasteiger partial charge in [-0.15, -0.1) is 0 Å². The number of nitrogens with zero attached hydrogens (tertiary/aromatic N) is 8. The van der Waals surface area contributed by atoms with Crippen molar-refractivity contribution < 1.29 is 35.1 Å². The molecule has 0 amide bonds. The molecule has 8 nitrogen and oxygen atoms in total. The van der Waals surface area contributed by atoms with E-state index >= 15 is 0 Å². The Morgan fingerprint density at radius 3 is 0.941 bits per heavy atom. The summed E-state index contributed by atoms with van der Waals surface area (Å²) >= 11 is 0. The highest BCUT2D eigenvalue weighted by molar-refractivity contribution is 5.88. The molecule has 16 heteroatoms. The van der Waals surface area contributed by atoms with Gasteiger partial charge in [-0.25, -0.2) is 35.1 Å². The van der Waals surface area contributed by atoms with Gasteiger partial charge in [-0.1, -0.05) is 348 Å². The number of fused-ring (bicyclic) bond motifs is 2. The summed E-state index contributed by atoms with van der Waals surface area (Å²) in [4.78, 5) is 0. The molecule has 0 fully saturated rings. The number of hydrogen-bond donors (Lipinski definition) is 0. The van der Waals surface area contributed by atoms with E-state index in [2.05, 4.69) is 41.5 Å². The average Bonchev–Trinajstić information content (AvgIpc) is 0.788. The molecule has 6 aromatic rings. The predicted octanol–water partition coefficient (Wildman–Crippen LogP) is 33.4. The average molecular weight is 1450 g/mol. The van der Waals surface area contributed by atoms with Crippen molar-refractivity contribution in [1.82, 2.24) is 0 Å². The van der Waals surface area contributed by atoms with Crippen molar-refractivity contribution in [2.24, 2.45) is 5.92 Å². The van der Waals surface area contributed by atoms with Crippen molar-refractivity contribution in [2.75, 3.05) is 0 Å². The molecule has 1 unspecified atom stereocenters. The van der Waals surface area contributed by atoms with E-state index in [1.807, 2.05) is 52.8 Å². The minimum atomic E-state index is -0.684. The zero-order valence-electron chi connectivity index (χ0n) is 50.4. The lowest BCUT2D eigenvalue weighted by molar-refractivity contribution is 0.400. The van der Waals surface area contributed by atoms with Crippen molar-refractivity contribution in [1.29, 1.82) is 43.1 Å². The second-order valence-corrected chi connectivity index (χ2v) is 19.4. The van der Waals surface area contributed by atoms with Crippen molar-refractivity contribution in [2.45, 2.75) is 346 Å². The molecule has 600 valence electrons. The Morgan fingerprint density at radius 2 is 0.614 bits per heavy atom. The lowest BCUT2D eigenvalue weighted by Gasteiger charge is -2.25. The summed E-state index contributed by atoms with van der Waals surface area (Å²) in [5, 5.41) is 49.3. The van der Waals surface area contributed by atoms with Gasteiger partial charge in [0.2, 0.25) is 0 Å². The lowest BCUT2D eigenvalue weighted by atomic mass is 9.80. The van der Waals surface area contributed by atoms with Crippen molar-refractivity contribution in [3.63, 3.8) is 0 Å². The summed E-state index contributed by atoms with van der Waals surface area (Å²) in [6.45, 7) is 22.7. The molecule has 0 N–H and O–H groups in total. The highest BCUT2D eigenvalue weighted by Gasteiger charge is 2.25. The quantitative estimate of drug-likeness (QED) is 0.0675. The SMILES string of the molecule is C.C.C.C.C.C.C.C.C.C.C.C.C.C.C.C.C.C.C.CCCC.CCCC.CCCc1cc2c(c(F)c1F)CC(CCC)CC2.CCCc1cc2ccc(CCC)c(C)c2c(F)c1F.CCCc1ccc(CCC)c(F)c1F.Fc1ccccc1Cc1ccccc1F.N#N.N#N.N#N.N#N. The van der Waals surface area contributed by atoms with E-state index in [1.165, 1.54) is 37.8 Å². The van der Waals surface area contributed by atoms with Crippen LogP contribution in [0.25, 0.3) is 10.8 Å². The molecule has 0 saturated heterocycles. The molecule has 0 heterocycles. The molecule has 1 aliphatic carbocycles. The fraction of sp³-hybridized carbons (Fsp3) is 0.600. The van der Waals surface area contributed by atoms with Gasteiger partial charge in [0.05, 0.1) is 0 Å². The van der Waals surface area contributed by atoms with Crippen LogP contribution in [0.5, 0.6) is 0 Å². The first-order chi connectivity index (χ1) is 39.6. The van der Waals surface area contributed by atoms with Crippen LogP contribution in [-0.4, -0.2) is 0 Å². The molecule has 1 aliphatic rings. The van der Waals surface area contributed by atoms with E-state index in [4.69, 9.17) is 43.1 Å². The summed E-state index contributed by atoms with van der Waals surface area (Å²) in [6, 6.07) is 23.9. The maximum absolute atomic E-state index is 14.3. The summed E-state index contributed by atoms with van der Waals surface area (Å²) in [7, 11) is 0. The van der Waals surface area contributed by atoms with Gasteiger partial charge >= 0.3 is 0 Å². The van der Waals surface area contributed by atoms with E-state index in [-0.39, 0.29) is 153 Å². The zero-order chi connectivity index (χ0) is 63.2.